The quantitative estimate of drug-likeness (QED) is 0.689. The lowest BCUT2D eigenvalue weighted by Gasteiger charge is -2.19. The summed E-state index contributed by atoms with van der Waals surface area (Å²) in [4.78, 5) is 22.1. The molecule has 0 spiro atoms. The molecule has 0 radical (unpaired) electrons. The molecule has 0 rings (SSSR count). The van der Waals surface area contributed by atoms with Crippen molar-refractivity contribution < 1.29 is 19.4 Å². The van der Waals surface area contributed by atoms with E-state index >= 15 is 0 Å². The third-order valence-corrected chi connectivity index (χ3v) is 2.24. The van der Waals surface area contributed by atoms with Gasteiger partial charge in [0.15, 0.2) is 6.10 Å². The van der Waals surface area contributed by atoms with Gasteiger partial charge in [-0.05, 0) is 27.2 Å². The molecule has 0 saturated carbocycles. The Morgan fingerprint density at radius 1 is 1.25 bits per heavy atom. The summed E-state index contributed by atoms with van der Waals surface area (Å²) in [5.74, 6) is -1.34. The van der Waals surface area contributed by atoms with Crippen LogP contribution in [-0.4, -0.2) is 35.2 Å². The average molecular weight is 231 g/mol. The van der Waals surface area contributed by atoms with Gasteiger partial charge < -0.3 is 15.2 Å². The van der Waals surface area contributed by atoms with Crippen molar-refractivity contribution in [2.45, 2.75) is 58.8 Å². The normalized spacial score (nSPS) is 16.2. The van der Waals surface area contributed by atoms with Crippen LogP contribution in [0.1, 0.15) is 40.5 Å². The maximum Gasteiger partial charge on any atom is 0.332 e. The van der Waals surface area contributed by atoms with Crippen LogP contribution in [0.5, 0.6) is 0 Å². The monoisotopic (exact) mass is 231 g/mol. The van der Waals surface area contributed by atoms with Gasteiger partial charge in [0.2, 0.25) is 5.91 Å². The highest BCUT2D eigenvalue weighted by Crippen LogP contribution is 2.01. The predicted octanol–water partition coefficient (Wildman–Crippen LogP) is 1.17. The first-order chi connectivity index (χ1) is 7.38. The van der Waals surface area contributed by atoms with Crippen LogP contribution in [0.25, 0.3) is 0 Å². The SMILES string of the molecule is CCCC(C)NC(=O)C(C)OC(C)C(=O)O. The third kappa shape index (κ3) is 5.70. The number of hydrogen-bond acceptors (Lipinski definition) is 3. The van der Waals surface area contributed by atoms with Crippen LogP contribution in [0.2, 0.25) is 0 Å². The molecule has 0 aliphatic heterocycles. The highest BCUT2D eigenvalue weighted by Gasteiger charge is 2.21. The minimum Gasteiger partial charge on any atom is -0.479 e. The number of ether oxygens (including phenoxy) is 1. The fourth-order valence-electron chi connectivity index (χ4n) is 1.29. The minimum absolute atomic E-state index is 0.0867. The zero-order valence-electron chi connectivity index (χ0n) is 10.3. The van der Waals surface area contributed by atoms with Crippen LogP contribution in [0.4, 0.5) is 0 Å². The summed E-state index contributed by atoms with van der Waals surface area (Å²) in [7, 11) is 0. The lowest BCUT2D eigenvalue weighted by molar-refractivity contribution is -0.155. The Balaban J connectivity index is 4.03. The van der Waals surface area contributed by atoms with Crippen molar-refractivity contribution in [2.24, 2.45) is 0 Å². The maximum absolute atomic E-state index is 11.6. The Kier molecular flexibility index (Phi) is 6.72. The zero-order chi connectivity index (χ0) is 12.7. The average Bonchev–Trinajstić information content (AvgIpc) is 2.17. The van der Waals surface area contributed by atoms with E-state index in [-0.39, 0.29) is 11.9 Å². The molecule has 0 aromatic carbocycles. The van der Waals surface area contributed by atoms with Gasteiger partial charge in [-0.1, -0.05) is 13.3 Å². The van der Waals surface area contributed by atoms with Gasteiger partial charge in [-0.2, -0.15) is 0 Å². The number of rotatable bonds is 7. The third-order valence-electron chi connectivity index (χ3n) is 2.24. The molecular weight excluding hydrogens is 210 g/mol. The molecule has 0 fully saturated rings. The summed E-state index contributed by atoms with van der Waals surface area (Å²) in [6, 6.07) is 0.0867. The van der Waals surface area contributed by atoms with Gasteiger partial charge in [0.1, 0.15) is 6.10 Å². The van der Waals surface area contributed by atoms with Gasteiger partial charge in [0, 0.05) is 6.04 Å². The number of carboxylic acids is 1. The molecule has 1 amide bonds. The summed E-state index contributed by atoms with van der Waals surface area (Å²) < 4.78 is 5.04. The molecule has 0 heterocycles. The molecular formula is C11H21NO4. The molecule has 0 aromatic heterocycles. The highest BCUT2D eigenvalue weighted by molar-refractivity contribution is 5.81. The molecule has 0 aliphatic carbocycles. The van der Waals surface area contributed by atoms with Crippen molar-refractivity contribution in [3.63, 3.8) is 0 Å². The van der Waals surface area contributed by atoms with E-state index in [4.69, 9.17) is 9.84 Å². The number of carbonyl (C=O) groups is 2. The number of carboxylic acid groups (broad SMARTS) is 1. The van der Waals surface area contributed by atoms with Crippen LogP contribution in [-0.2, 0) is 14.3 Å². The maximum atomic E-state index is 11.6. The molecule has 94 valence electrons. The molecule has 0 saturated heterocycles. The van der Waals surface area contributed by atoms with Crippen LogP contribution >= 0.6 is 0 Å². The molecule has 3 atom stereocenters. The number of aliphatic carboxylic acids is 1. The van der Waals surface area contributed by atoms with E-state index in [1.54, 1.807) is 6.92 Å². The first kappa shape index (κ1) is 14.9. The Hall–Kier alpha value is -1.10. The van der Waals surface area contributed by atoms with Crippen LogP contribution in [0.15, 0.2) is 0 Å². The zero-order valence-corrected chi connectivity index (χ0v) is 10.3. The van der Waals surface area contributed by atoms with Crippen molar-refractivity contribution >= 4 is 11.9 Å². The van der Waals surface area contributed by atoms with Gasteiger partial charge in [0.05, 0.1) is 0 Å². The molecule has 0 aliphatic rings. The van der Waals surface area contributed by atoms with Gasteiger partial charge in [-0.25, -0.2) is 4.79 Å². The summed E-state index contributed by atoms with van der Waals surface area (Å²) in [6.07, 6.45) is 0.169. The van der Waals surface area contributed by atoms with E-state index in [0.717, 1.165) is 12.8 Å². The Bertz CT molecular complexity index is 242. The van der Waals surface area contributed by atoms with E-state index < -0.39 is 18.2 Å². The molecule has 5 heteroatoms. The van der Waals surface area contributed by atoms with Gasteiger partial charge in [-0.3, -0.25) is 4.79 Å². The van der Waals surface area contributed by atoms with Crippen molar-refractivity contribution in [2.75, 3.05) is 0 Å². The van der Waals surface area contributed by atoms with E-state index in [9.17, 15) is 9.59 Å². The van der Waals surface area contributed by atoms with Gasteiger partial charge >= 0.3 is 5.97 Å². The smallest absolute Gasteiger partial charge is 0.332 e. The van der Waals surface area contributed by atoms with E-state index in [1.165, 1.54) is 6.92 Å². The molecule has 0 aromatic rings. The Morgan fingerprint density at radius 3 is 2.25 bits per heavy atom. The van der Waals surface area contributed by atoms with Gasteiger partial charge in [-0.15, -0.1) is 0 Å². The second-order valence-electron chi connectivity index (χ2n) is 3.96. The van der Waals surface area contributed by atoms with E-state index in [1.807, 2.05) is 13.8 Å². The van der Waals surface area contributed by atoms with Crippen molar-refractivity contribution in [3.8, 4) is 0 Å². The van der Waals surface area contributed by atoms with E-state index in [2.05, 4.69) is 5.32 Å². The summed E-state index contributed by atoms with van der Waals surface area (Å²) >= 11 is 0. The molecule has 2 N–H and O–H groups in total. The second kappa shape index (κ2) is 7.22. The van der Waals surface area contributed by atoms with Crippen molar-refractivity contribution in [3.05, 3.63) is 0 Å². The minimum atomic E-state index is -1.07. The lowest BCUT2D eigenvalue weighted by atomic mass is 10.2. The summed E-state index contributed by atoms with van der Waals surface area (Å²) in [5, 5.41) is 11.4. The fourth-order valence-corrected chi connectivity index (χ4v) is 1.29. The first-order valence-electron chi connectivity index (χ1n) is 5.57. The Labute approximate surface area is 96.2 Å². The standard InChI is InChI=1S/C11H21NO4/c1-5-6-7(2)12-10(13)8(3)16-9(4)11(14)15/h7-9H,5-6H2,1-4H3,(H,12,13)(H,14,15). The predicted molar refractivity (Wildman–Crippen MR) is 60.2 cm³/mol. The lowest BCUT2D eigenvalue weighted by Crippen LogP contribution is -2.42. The van der Waals surface area contributed by atoms with E-state index in [0.29, 0.717) is 0 Å². The van der Waals surface area contributed by atoms with Crippen LogP contribution in [0, 0.1) is 0 Å². The summed E-state index contributed by atoms with van der Waals surface area (Å²) in [5.41, 5.74) is 0. The Morgan fingerprint density at radius 2 is 1.81 bits per heavy atom. The number of nitrogens with one attached hydrogen (secondary N) is 1. The first-order valence-corrected chi connectivity index (χ1v) is 5.57. The van der Waals surface area contributed by atoms with Crippen LogP contribution in [0.3, 0.4) is 0 Å². The summed E-state index contributed by atoms with van der Waals surface area (Å²) in [6.45, 7) is 6.90. The molecule has 16 heavy (non-hydrogen) atoms. The molecule has 3 unspecified atom stereocenters. The number of amides is 1. The molecule has 5 nitrogen and oxygen atoms in total. The van der Waals surface area contributed by atoms with Crippen molar-refractivity contribution in [1.29, 1.82) is 0 Å². The second-order valence-corrected chi connectivity index (χ2v) is 3.96. The topological polar surface area (TPSA) is 75.6 Å². The fraction of sp³-hybridized carbons (Fsp3) is 0.818. The van der Waals surface area contributed by atoms with Crippen molar-refractivity contribution in [1.82, 2.24) is 5.32 Å². The number of hydrogen-bond donors (Lipinski definition) is 2. The van der Waals surface area contributed by atoms with Gasteiger partial charge in [0.25, 0.3) is 0 Å². The molecule has 0 bridgehead atoms. The van der Waals surface area contributed by atoms with Crippen LogP contribution < -0.4 is 5.32 Å². The highest BCUT2D eigenvalue weighted by atomic mass is 16.5. The largest absolute Gasteiger partial charge is 0.479 e. The number of carbonyl (C=O) groups excluding carboxylic acids is 1.